The summed E-state index contributed by atoms with van der Waals surface area (Å²) < 4.78 is 21.0. The number of ether oxygens (including phenoxy) is 4. The number of esters is 1. The molecule has 7 heteroatoms. The lowest BCUT2D eigenvalue weighted by Gasteiger charge is -2.24. The zero-order chi connectivity index (χ0) is 18.3. The van der Waals surface area contributed by atoms with Crippen LogP contribution in [0.4, 0.5) is 4.79 Å². The molecule has 1 rings (SSSR count). The number of carbonyl (C=O) groups excluding carboxylic acids is 2. The number of alkyl carbamates (subject to hydrolysis) is 1. The third kappa shape index (κ3) is 5.64. The van der Waals surface area contributed by atoms with Crippen molar-refractivity contribution >= 4 is 12.1 Å². The van der Waals surface area contributed by atoms with Crippen LogP contribution in [0.5, 0.6) is 11.5 Å². The van der Waals surface area contributed by atoms with E-state index in [9.17, 15) is 9.59 Å². The van der Waals surface area contributed by atoms with Gasteiger partial charge in [0.2, 0.25) is 0 Å². The molecule has 1 amide bonds. The molecule has 1 unspecified atom stereocenters. The standard InChI is InChI=1S/C17H25NO6/c1-7-13(18-16(20)24-17(2,3)4)23-14-11(15(19)22-6)9-8-10-12(14)21-5/h8-10,13H,7H2,1-6H3,(H,18,20). The molecule has 1 aromatic rings. The van der Waals surface area contributed by atoms with Crippen LogP contribution < -0.4 is 14.8 Å². The molecular formula is C17H25NO6. The van der Waals surface area contributed by atoms with E-state index in [-0.39, 0.29) is 11.3 Å². The molecule has 0 bridgehead atoms. The van der Waals surface area contributed by atoms with Crippen LogP contribution in [0.25, 0.3) is 0 Å². The Hall–Kier alpha value is -2.44. The Morgan fingerprint density at radius 3 is 2.38 bits per heavy atom. The highest BCUT2D eigenvalue weighted by Gasteiger charge is 2.23. The first-order valence-electron chi connectivity index (χ1n) is 7.63. The number of carbonyl (C=O) groups is 2. The van der Waals surface area contributed by atoms with Crippen molar-refractivity contribution in [2.45, 2.75) is 45.9 Å². The van der Waals surface area contributed by atoms with Crippen molar-refractivity contribution in [2.24, 2.45) is 0 Å². The summed E-state index contributed by atoms with van der Waals surface area (Å²) >= 11 is 0. The first-order chi connectivity index (χ1) is 11.2. The van der Waals surface area contributed by atoms with Gasteiger partial charge in [0.15, 0.2) is 17.7 Å². The number of hydrogen-bond donors (Lipinski definition) is 1. The Morgan fingerprint density at radius 2 is 1.88 bits per heavy atom. The monoisotopic (exact) mass is 339 g/mol. The van der Waals surface area contributed by atoms with E-state index in [1.54, 1.807) is 39.0 Å². The minimum absolute atomic E-state index is 0.203. The molecule has 7 nitrogen and oxygen atoms in total. The molecule has 0 fully saturated rings. The number of rotatable bonds is 6. The highest BCUT2D eigenvalue weighted by atomic mass is 16.6. The van der Waals surface area contributed by atoms with Gasteiger partial charge in [-0.3, -0.25) is 5.32 Å². The zero-order valence-corrected chi connectivity index (χ0v) is 15.0. The molecule has 24 heavy (non-hydrogen) atoms. The molecule has 1 atom stereocenters. The molecule has 0 heterocycles. The van der Waals surface area contributed by atoms with Gasteiger partial charge in [-0.2, -0.15) is 0 Å². The van der Waals surface area contributed by atoms with Crippen LogP contribution in [0.2, 0.25) is 0 Å². The summed E-state index contributed by atoms with van der Waals surface area (Å²) in [5.41, 5.74) is -0.412. The molecule has 0 radical (unpaired) electrons. The number of methoxy groups -OCH3 is 2. The molecule has 0 saturated carbocycles. The van der Waals surface area contributed by atoms with Crippen molar-refractivity contribution in [1.29, 1.82) is 0 Å². The highest BCUT2D eigenvalue weighted by Crippen LogP contribution is 2.32. The van der Waals surface area contributed by atoms with E-state index in [2.05, 4.69) is 5.32 Å². The van der Waals surface area contributed by atoms with Gasteiger partial charge in [-0.25, -0.2) is 9.59 Å². The van der Waals surface area contributed by atoms with Gasteiger partial charge in [0.25, 0.3) is 0 Å². The summed E-state index contributed by atoms with van der Waals surface area (Å²) in [4.78, 5) is 23.8. The van der Waals surface area contributed by atoms with Gasteiger partial charge in [0, 0.05) is 6.42 Å². The maximum atomic E-state index is 11.9. The van der Waals surface area contributed by atoms with Crippen LogP contribution in [-0.2, 0) is 9.47 Å². The zero-order valence-electron chi connectivity index (χ0n) is 15.0. The minimum Gasteiger partial charge on any atom is -0.493 e. The van der Waals surface area contributed by atoms with E-state index in [4.69, 9.17) is 18.9 Å². The number of nitrogens with one attached hydrogen (secondary N) is 1. The molecule has 0 aliphatic rings. The predicted molar refractivity (Wildman–Crippen MR) is 88.4 cm³/mol. The lowest BCUT2D eigenvalue weighted by molar-refractivity contribution is 0.0383. The van der Waals surface area contributed by atoms with E-state index in [1.165, 1.54) is 14.2 Å². The predicted octanol–water partition coefficient (Wildman–Crippen LogP) is 3.12. The van der Waals surface area contributed by atoms with Crippen LogP contribution in [0, 0.1) is 0 Å². The van der Waals surface area contributed by atoms with E-state index >= 15 is 0 Å². The maximum absolute atomic E-state index is 11.9. The summed E-state index contributed by atoms with van der Waals surface area (Å²) in [6.45, 7) is 7.13. The Balaban J connectivity index is 2.99. The highest BCUT2D eigenvalue weighted by molar-refractivity contribution is 5.93. The van der Waals surface area contributed by atoms with E-state index < -0.39 is 23.9 Å². The van der Waals surface area contributed by atoms with Gasteiger partial charge in [0.1, 0.15) is 11.2 Å². The van der Waals surface area contributed by atoms with Crippen LogP contribution in [-0.4, -0.2) is 38.1 Å². The van der Waals surface area contributed by atoms with Crippen molar-refractivity contribution in [3.63, 3.8) is 0 Å². The summed E-state index contributed by atoms with van der Waals surface area (Å²) in [5, 5.41) is 2.62. The second kappa shape index (κ2) is 8.42. The fourth-order valence-corrected chi connectivity index (χ4v) is 1.86. The fraction of sp³-hybridized carbons (Fsp3) is 0.529. The first-order valence-corrected chi connectivity index (χ1v) is 7.63. The van der Waals surface area contributed by atoms with Crippen molar-refractivity contribution in [2.75, 3.05) is 14.2 Å². The van der Waals surface area contributed by atoms with E-state index in [0.29, 0.717) is 12.2 Å². The second-order valence-electron chi connectivity index (χ2n) is 5.99. The van der Waals surface area contributed by atoms with Crippen molar-refractivity contribution in [3.8, 4) is 11.5 Å². The topological polar surface area (TPSA) is 83.1 Å². The van der Waals surface area contributed by atoms with Crippen LogP contribution in [0.15, 0.2) is 18.2 Å². The van der Waals surface area contributed by atoms with Gasteiger partial charge in [0.05, 0.1) is 14.2 Å². The number of benzene rings is 1. The molecule has 0 spiro atoms. The van der Waals surface area contributed by atoms with Crippen molar-refractivity contribution in [3.05, 3.63) is 23.8 Å². The number of amides is 1. The van der Waals surface area contributed by atoms with Gasteiger partial charge >= 0.3 is 12.1 Å². The summed E-state index contributed by atoms with van der Waals surface area (Å²) in [6, 6.07) is 4.87. The summed E-state index contributed by atoms with van der Waals surface area (Å²) in [6.07, 6.45) is -0.846. The van der Waals surface area contributed by atoms with Gasteiger partial charge < -0.3 is 18.9 Å². The number of hydrogen-bond acceptors (Lipinski definition) is 6. The van der Waals surface area contributed by atoms with E-state index in [1.807, 2.05) is 6.92 Å². The Labute approximate surface area is 142 Å². The SMILES string of the molecule is CCC(NC(=O)OC(C)(C)C)Oc1c(OC)cccc1C(=O)OC. The Bertz CT molecular complexity index is 579. The molecule has 0 aromatic heterocycles. The minimum atomic E-state index is -0.695. The average Bonchev–Trinajstić information content (AvgIpc) is 2.51. The van der Waals surface area contributed by atoms with Crippen LogP contribution in [0.3, 0.4) is 0 Å². The average molecular weight is 339 g/mol. The summed E-state index contributed by atoms with van der Waals surface area (Å²) in [7, 11) is 2.74. The quantitative estimate of drug-likeness (QED) is 0.633. The lowest BCUT2D eigenvalue weighted by atomic mass is 10.2. The maximum Gasteiger partial charge on any atom is 0.410 e. The third-order valence-electron chi connectivity index (χ3n) is 2.91. The van der Waals surface area contributed by atoms with Crippen LogP contribution >= 0.6 is 0 Å². The van der Waals surface area contributed by atoms with Gasteiger partial charge in [-0.15, -0.1) is 0 Å². The molecule has 1 aromatic carbocycles. The van der Waals surface area contributed by atoms with Crippen LogP contribution in [0.1, 0.15) is 44.5 Å². The molecule has 0 saturated heterocycles. The lowest BCUT2D eigenvalue weighted by Crippen LogP contribution is -2.42. The smallest absolute Gasteiger partial charge is 0.410 e. The van der Waals surface area contributed by atoms with Gasteiger partial charge in [-0.05, 0) is 32.9 Å². The molecule has 0 aliphatic carbocycles. The van der Waals surface area contributed by atoms with Crippen molar-refractivity contribution < 1.29 is 28.5 Å². The second-order valence-corrected chi connectivity index (χ2v) is 5.99. The molecule has 1 N–H and O–H groups in total. The van der Waals surface area contributed by atoms with E-state index in [0.717, 1.165) is 0 Å². The van der Waals surface area contributed by atoms with Gasteiger partial charge in [-0.1, -0.05) is 13.0 Å². The largest absolute Gasteiger partial charge is 0.493 e. The number of para-hydroxylation sites is 1. The first kappa shape index (κ1) is 19.6. The normalized spacial score (nSPS) is 12.1. The fourth-order valence-electron chi connectivity index (χ4n) is 1.86. The van der Waals surface area contributed by atoms with Crippen molar-refractivity contribution in [1.82, 2.24) is 5.32 Å². The third-order valence-corrected chi connectivity index (χ3v) is 2.91. The molecule has 0 aliphatic heterocycles. The Morgan fingerprint density at radius 1 is 1.21 bits per heavy atom. The molecular weight excluding hydrogens is 314 g/mol. The summed E-state index contributed by atoms with van der Waals surface area (Å²) in [5.74, 6) is 0.00752. The Kier molecular flexibility index (Phi) is 6.88. The molecule has 134 valence electrons.